The molecular formula is C15H15FN4O2. The van der Waals surface area contributed by atoms with E-state index in [1.54, 1.807) is 24.3 Å². The minimum atomic E-state index is -0.494. The summed E-state index contributed by atoms with van der Waals surface area (Å²) in [4.78, 5) is 14.1. The van der Waals surface area contributed by atoms with Crippen LogP contribution >= 0.6 is 0 Å². The Bertz CT molecular complexity index is 657. The molecule has 0 aliphatic carbocycles. The van der Waals surface area contributed by atoms with E-state index >= 15 is 0 Å². The molecule has 1 N–H and O–H groups in total. The Kier molecular flexibility index (Phi) is 4.24. The maximum absolute atomic E-state index is 13.5. The summed E-state index contributed by atoms with van der Waals surface area (Å²) < 4.78 is 18.8. The van der Waals surface area contributed by atoms with E-state index in [0.717, 1.165) is 13.1 Å². The molecule has 114 valence electrons. The number of morpholine rings is 1. The monoisotopic (exact) mass is 302 g/mol. The van der Waals surface area contributed by atoms with Crippen molar-refractivity contribution in [3.05, 3.63) is 47.9 Å². The first-order chi connectivity index (χ1) is 10.7. The topological polar surface area (TPSA) is 67.4 Å². The second-order valence-corrected chi connectivity index (χ2v) is 4.81. The molecule has 22 heavy (non-hydrogen) atoms. The molecule has 1 aromatic heterocycles. The van der Waals surface area contributed by atoms with E-state index in [9.17, 15) is 9.18 Å². The zero-order chi connectivity index (χ0) is 15.4. The first-order valence-corrected chi connectivity index (χ1v) is 6.96. The maximum atomic E-state index is 13.5. The Labute approximate surface area is 126 Å². The first kappa shape index (κ1) is 14.4. The average molecular weight is 302 g/mol. The summed E-state index contributed by atoms with van der Waals surface area (Å²) in [7, 11) is 0. The molecule has 1 fully saturated rings. The van der Waals surface area contributed by atoms with Gasteiger partial charge in [0.15, 0.2) is 11.5 Å². The van der Waals surface area contributed by atoms with Crippen LogP contribution < -0.4 is 10.2 Å². The van der Waals surface area contributed by atoms with E-state index in [0.29, 0.717) is 19.0 Å². The summed E-state index contributed by atoms with van der Waals surface area (Å²) in [5.74, 6) is -0.286. The van der Waals surface area contributed by atoms with Crippen LogP contribution in [0.4, 0.5) is 15.9 Å². The molecule has 1 saturated heterocycles. The van der Waals surface area contributed by atoms with E-state index in [2.05, 4.69) is 15.5 Å². The summed E-state index contributed by atoms with van der Waals surface area (Å²) in [5.41, 5.74) is 0.256. The number of amides is 1. The van der Waals surface area contributed by atoms with Crippen LogP contribution in [-0.4, -0.2) is 42.4 Å². The minimum absolute atomic E-state index is 0.117. The molecule has 2 heterocycles. The van der Waals surface area contributed by atoms with Gasteiger partial charge in [-0.3, -0.25) is 4.79 Å². The first-order valence-electron chi connectivity index (χ1n) is 6.96. The van der Waals surface area contributed by atoms with Crippen LogP contribution in [0.25, 0.3) is 0 Å². The van der Waals surface area contributed by atoms with E-state index < -0.39 is 11.7 Å². The average Bonchev–Trinajstić information content (AvgIpc) is 2.58. The van der Waals surface area contributed by atoms with E-state index in [1.807, 2.05) is 4.90 Å². The van der Waals surface area contributed by atoms with E-state index in [4.69, 9.17) is 4.74 Å². The van der Waals surface area contributed by atoms with Crippen LogP contribution in [0.5, 0.6) is 0 Å². The summed E-state index contributed by atoms with van der Waals surface area (Å²) in [6.07, 6.45) is 0. The predicted octanol–water partition coefficient (Wildman–Crippen LogP) is 1.70. The number of aromatic nitrogens is 2. The normalized spacial score (nSPS) is 14.7. The van der Waals surface area contributed by atoms with Gasteiger partial charge in [-0.15, -0.1) is 10.2 Å². The number of carbonyl (C=O) groups is 1. The number of hydrogen-bond donors (Lipinski definition) is 1. The quantitative estimate of drug-likeness (QED) is 0.935. The fourth-order valence-electron chi connectivity index (χ4n) is 2.16. The summed E-state index contributed by atoms with van der Waals surface area (Å²) in [6.45, 7) is 2.79. The molecule has 1 aliphatic heterocycles. The van der Waals surface area contributed by atoms with Gasteiger partial charge in [0.2, 0.25) is 0 Å². The lowest BCUT2D eigenvalue weighted by atomic mass is 10.3. The number of halogens is 1. The summed E-state index contributed by atoms with van der Waals surface area (Å²) in [5, 5.41) is 10.4. The highest BCUT2D eigenvalue weighted by atomic mass is 19.1. The van der Waals surface area contributed by atoms with E-state index in [1.165, 1.54) is 12.1 Å². The molecule has 0 radical (unpaired) electrons. The number of benzene rings is 1. The Morgan fingerprint density at radius 1 is 1.14 bits per heavy atom. The van der Waals surface area contributed by atoms with Gasteiger partial charge >= 0.3 is 0 Å². The molecule has 0 bridgehead atoms. The molecule has 6 nitrogen and oxygen atoms in total. The number of nitrogens with one attached hydrogen (secondary N) is 1. The number of rotatable bonds is 3. The Balaban J connectivity index is 1.69. The fraction of sp³-hybridized carbons (Fsp3) is 0.267. The van der Waals surface area contributed by atoms with Gasteiger partial charge in [-0.1, -0.05) is 12.1 Å². The molecule has 2 aromatic rings. The zero-order valence-electron chi connectivity index (χ0n) is 11.8. The lowest BCUT2D eigenvalue weighted by molar-refractivity contribution is 0.102. The van der Waals surface area contributed by atoms with Gasteiger partial charge in [0.1, 0.15) is 5.82 Å². The maximum Gasteiger partial charge on any atom is 0.276 e. The molecule has 3 rings (SSSR count). The second-order valence-electron chi connectivity index (χ2n) is 4.81. The molecule has 1 aromatic carbocycles. The van der Waals surface area contributed by atoms with Gasteiger partial charge in [-0.2, -0.15) is 0 Å². The third-order valence-electron chi connectivity index (χ3n) is 3.34. The fourth-order valence-corrected chi connectivity index (χ4v) is 2.16. The number of anilines is 2. The van der Waals surface area contributed by atoms with Gasteiger partial charge in [-0.25, -0.2) is 4.39 Å². The number of hydrogen-bond acceptors (Lipinski definition) is 5. The lowest BCUT2D eigenvalue weighted by Crippen LogP contribution is -2.37. The SMILES string of the molecule is O=C(Nc1ccccc1F)c1ccc(N2CCOCC2)nn1. The summed E-state index contributed by atoms with van der Waals surface area (Å²) >= 11 is 0. The van der Waals surface area contributed by atoms with Crippen molar-refractivity contribution in [1.29, 1.82) is 0 Å². The molecule has 7 heteroatoms. The molecule has 0 spiro atoms. The molecular weight excluding hydrogens is 287 g/mol. The Hall–Kier alpha value is -2.54. The van der Waals surface area contributed by atoms with Crippen molar-refractivity contribution >= 4 is 17.4 Å². The zero-order valence-corrected chi connectivity index (χ0v) is 11.8. The van der Waals surface area contributed by atoms with Crippen LogP contribution in [0.2, 0.25) is 0 Å². The van der Waals surface area contributed by atoms with E-state index in [-0.39, 0.29) is 11.4 Å². The standard InChI is InChI=1S/C15H15FN4O2/c16-11-3-1-2-4-12(11)17-15(21)13-5-6-14(19-18-13)20-7-9-22-10-8-20/h1-6H,7-10H2,(H,17,21). The van der Waals surface area contributed by atoms with Gasteiger partial charge in [-0.05, 0) is 24.3 Å². The molecule has 0 saturated carbocycles. The highest BCUT2D eigenvalue weighted by molar-refractivity contribution is 6.02. The van der Waals surface area contributed by atoms with Crippen LogP contribution in [0.15, 0.2) is 36.4 Å². The Morgan fingerprint density at radius 2 is 1.91 bits per heavy atom. The minimum Gasteiger partial charge on any atom is -0.378 e. The van der Waals surface area contributed by atoms with Crippen LogP contribution in [0.1, 0.15) is 10.5 Å². The summed E-state index contributed by atoms with van der Waals surface area (Å²) in [6, 6.07) is 9.28. The largest absolute Gasteiger partial charge is 0.378 e. The van der Waals surface area contributed by atoms with Crippen molar-refractivity contribution < 1.29 is 13.9 Å². The molecule has 1 amide bonds. The smallest absolute Gasteiger partial charge is 0.276 e. The number of nitrogens with zero attached hydrogens (tertiary/aromatic N) is 3. The predicted molar refractivity (Wildman–Crippen MR) is 79.4 cm³/mol. The number of ether oxygens (including phenoxy) is 1. The van der Waals surface area contributed by atoms with Crippen LogP contribution in [-0.2, 0) is 4.74 Å². The molecule has 0 atom stereocenters. The van der Waals surface area contributed by atoms with Gasteiger partial charge in [0.25, 0.3) is 5.91 Å². The van der Waals surface area contributed by atoms with Gasteiger partial charge in [0.05, 0.1) is 18.9 Å². The van der Waals surface area contributed by atoms with Crippen molar-refractivity contribution in [3.8, 4) is 0 Å². The second kappa shape index (κ2) is 6.48. The Morgan fingerprint density at radius 3 is 2.59 bits per heavy atom. The van der Waals surface area contributed by atoms with Crippen molar-refractivity contribution in [2.45, 2.75) is 0 Å². The van der Waals surface area contributed by atoms with Crippen molar-refractivity contribution in [2.75, 3.05) is 36.5 Å². The van der Waals surface area contributed by atoms with Crippen molar-refractivity contribution in [1.82, 2.24) is 10.2 Å². The molecule has 0 unspecified atom stereocenters. The van der Waals surface area contributed by atoms with Crippen LogP contribution in [0, 0.1) is 5.82 Å². The van der Waals surface area contributed by atoms with Crippen molar-refractivity contribution in [2.24, 2.45) is 0 Å². The van der Waals surface area contributed by atoms with Crippen molar-refractivity contribution in [3.63, 3.8) is 0 Å². The van der Waals surface area contributed by atoms with Gasteiger partial charge < -0.3 is 15.0 Å². The lowest BCUT2D eigenvalue weighted by Gasteiger charge is -2.27. The van der Waals surface area contributed by atoms with Gasteiger partial charge in [0, 0.05) is 13.1 Å². The third kappa shape index (κ3) is 3.20. The highest BCUT2D eigenvalue weighted by Crippen LogP contribution is 2.15. The molecule has 1 aliphatic rings. The van der Waals surface area contributed by atoms with Crippen LogP contribution in [0.3, 0.4) is 0 Å². The third-order valence-corrected chi connectivity index (χ3v) is 3.34. The number of para-hydroxylation sites is 1. The number of carbonyl (C=O) groups excluding carboxylic acids is 1. The highest BCUT2D eigenvalue weighted by Gasteiger charge is 2.15.